The Morgan fingerprint density at radius 1 is 1.14 bits per heavy atom. The minimum atomic E-state index is -1.34. The van der Waals surface area contributed by atoms with Crippen molar-refractivity contribution in [3.63, 3.8) is 0 Å². The Balaban J connectivity index is 1.53. The number of carbonyl (C=O) groups is 1. The largest absolute Gasteiger partial charge is 0.479 e. The fourth-order valence-corrected chi connectivity index (χ4v) is 4.37. The molecule has 2 heterocycles. The summed E-state index contributed by atoms with van der Waals surface area (Å²) in [5.41, 5.74) is 1.14. The minimum Gasteiger partial charge on any atom is -0.479 e. The van der Waals surface area contributed by atoms with Crippen LogP contribution in [0.25, 0.3) is 11.0 Å². The van der Waals surface area contributed by atoms with Crippen LogP contribution in [-0.4, -0.2) is 57.8 Å². The monoisotopic (exact) mass is 492 g/mol. The molecule has 1 aliphatic heterocycles. The van der Waals surface area contributed by atoms with Gasteiger partial charge in [-0.15, -0.1) is 0 Å². The Hall–Kier alpha value is -3.39. The standard InChI is InChI=1S/C28H33FN4O3/c1-28(2,29)13-12-20(27-30-14-15-36-27)17-25(34)23(16-19-8-4-3-5-9-19)33-26(35)24-18-31-21-10-6-7-11-22(21)32-24/h3-11,18,20,23,25,34H,12-17H2,1-2H3,(H,33,35). The lowest BCUT2D eigenvalue weighted by Crippen LogP contribution is -2.46. The first kappa shape index (κ1) is 25.7. The number of nitrogens with one attached hydrogen (secondary N) is 1. The number of nitrogens with zero attached hydrogens (tertiary/aromatic N) is 3. The van der Waals surface area contributed by atoms with Crippen molar-refractivity contribution < 1.29 is 19.0 Å². The van der Waals surface area contributed by atoms with Crippen molar-refractivity contribution in [2.45, 2.75) is 57.3 Å². The Morgan fingerprint density at radius 3 is 2.56 bits per heavy atom. The van der Waals surface area contributed by atoms with Crippen LogP contribution in [0.15, 0.2) is 65.8 Å². The van der Waals surface area contributed by atoms with Gasteiger partial charge in [-0.2, -0.15) is 0 Å². The molecule has 3 unspecified atom stereocenters. The SMILES string of the molecule is CC(C)(F)CCC(CC(O)C(Cc1ccccc1)NC(=O)c1cnc2ccccc2n1)C1=NCCO1. The molecule has 0 radical (unpaired) electrons. The smallest absolute Gasteiger partial charge is 0.271 e. The van der Waals surface area contributed by atoms with E-state index in [1.54, 1.807) is 19.9 Å². The number of halogens is 1. The van der Waals surface area contributed by atoms with Gasteiger partial charge < -0.3 is 15.2 Å². The number of rotatable bonds is 11. The van der Waals surface area contributed by atoms with Crippen LogP contribution in [0.3, 0.4) is 0 Å². The molecule has 2 N–H and O–H groups in total. The summed E-state index contributed by atoms with van der Waals surface area (Å²) >= 11 is 0. The number of hydrogen-bond donors (Lipinski definition) is 2. The van der Waals surface area contributed by atoms with Crippen molar-refractivity contribution in [3.8, 4) is 0 Å². The van der Waals surface area contributed by atoms with Gasteiger partial charge in [-0.05, 0) is 57.2 Å². The summed E-state index contributed by atoms with van der Waals surface area (Å²) in [7, 11) is 0. The topological polar surface area (TPSA) is 96.7 Å². The predicted molar refractivity (Wildman–Crippen MR) is 138 cm³/mol. The zero-order valence-electron chi connectivity index (χ0n) is 20.7. The van der Waals surface area contributed by atoms with Gasteiger partial charge in [-0.3, -0.25) is 14.8 Å². The zero-order valence-corrected chi connectivity index (χ0v) is 20.7. The van der Waals surface area contributed by atoms with Crippen LogP contribution >= 0.6 is 0 Å². The molecule has 1 amide bonds. The van der Waals surface area contributed by atoms with E-state index in [2.05, 4.69) is 20.3 Å². The second-order valence-corrected chi connectivity index (χ2v) is 9.84. The first-order valence-corrected chi connectivity index (χ1v) is 12.4. The number of aliphatic imine (C=N–C) groups is 1. The van der Waals surface area contributed by atoms with Crippen molar-refractivity contribution in [3.05, 3.63) is 72.1 Å². The van der Waals surface area contributed by atoms with Gasteiger partial charge in [-0.25, -0.2) is 9.37 Å². The molecule has 4 rings (SSSR count). The average Bonchev–Trinajstić information content (AvgIpc) is 3.40. The molecule has 3 aromatic rings. The molecule has 1 aliphatic rings. The molecule has 0 saturated heterocycles. The summed E-state index contributed by atoms with van der Waals surface area (Å²) in [6.45, 7) is 4.14. The first-order chi connectivity index (χ1) is 17.3. The fraction of sp³-hybridized carbons (Fsp3) is 0.429. The Bertz CT molecular complexity index is 1200. The summed E-state index contributed by atoms with van der Waals surface area (Å²) < 4.78 is 20.0. The van der Waals surface area contributed by atoms with Crippen molar-refractivity contribution in [2.24, 2.45) is 10.9 Å². The van der Waals surface area contributed by atoms with Crippen molar-refractivity contribution >= 4 is 22.8 Å². The molecule has 36 heavy (non-hydrogen) atoms. The number of carbonyl (C=O) groups excluding carboxylic acids is 1. The number of aromatic nitrogens is 2. The third kappa shape index (κ3) is 7.07. The van der Waals surface area contributed by atoms with E-state index in [1.165, 1.54) is 6.20 Å². The van der Waals surface area contributed by atoms with Crippen LogP contribution in [0.1, 0.15) is 49.2 Å². The average molecular weight is 493 g/mol. The van der Waals surface area contributed by atoms with E-state index in [9.17, 15) is 14.3 Å². The Labute approximate surface area is 210 Å². The molecule has 0 fully saturated rings. The molecule has 8 heteroatoms. The number of ether oxygens (including phenoxy) is 1. The highest BCUT2D eigenvalue weighted by molar-refractivity contribution is 5.94. The number of benzene rings is 2. The molecule has 0 bridgehead atoms. The van der Waals surface area contributed by atoms with Gasteiger partial charge in [0, 0.05) is 5.92 Å². The van der Waals surface area contributed by atoms with E-state index in [0.717, 1.165) is 5.56 Å². The first-order valence-electron chi connectivity index (χ1n) is 12.4. The molecule has 190 valence electrons. The van der Waals surface area contributed by atoms with Gasteiger partial charge in [0.15, 0.2) is 5.90 Å². The van der Waals surface area contributed by atoms with Gasteiger partial charge in [-0.1, -0.05) is 42.5 Å². The van der Waals surface area contributed by atoms with Crippen LogP contribution in [0.5, 0.6) is 0 Å². The second kappa shape index (κ2) is 11.6. The van der Waals surface area contributed by atoms with Crippen LogP contribution in [0.4, 0.5) is 4.39 Å². The molecular weight excluding hydrogens is 459 g/mol. The summed E-state index contributed by atoms with van der Waals surface area (Å²) in [5.74, 6) is -0.0965. The number of para-hydroxylation sites is 2. The zero-order chi connectivity index (χ0) is 25.5. The van der Waals surface area contributed by atoms with E-state index >= 15 is 0 Å². The molecule has 0 saturated carbocycles. The fourth-order valence-electron chi connectivity index (χ4n) is 4.37. The predicted octanol–water partition coefficient (Wildman–Crippen LogP) is 4.30. The highest BCUT2D eigenvalue weighted by Crippen LogP contribution is 2.26. The quantitative estimate of drug-likeness (QED) is 0.416. The summed E-state index contributed by atoms with van der Waals surface area (Å²) in [5, 5.41) is 14.3. The summed E-state index contributed by atoms with van der Waals surface area (Å²) in [6, 6.07) is 16.4. The van der Waals surface area contributed by atoms with Crippen molar-refractivity contribution in [1.82, 2.24) is 15.3 Å². The highest BCUT2D eigenvalue weighted by Gasteiger charge is 2.31. The molecule has 0 aliphatic carbocycles. The Morgan fingerprint density at radius 2 is 1.86 bits per heavy atom. The molecule has 0 spiro atoms. The number of fused-ring (bicyclic) bond motifs is 1. The maximum Gasteiger partial charge on any atom is 0.271 e. The van der Waals surface area contributed by atoms with E-state index in [0.29, 0.717) is 49.3 Å². The lowest BCUT2D eigenvalue weighted by atomic mass is 9.88. The van der Waals surface area contributed by atoms with Crippen LogP contribution in [0.2, 0.25) is 0 Å². The van der Waals surface area contributed by atoms with E-state index in [-0.39, 0.29) is 18.0 Å². The van der Waals surface area contributed by atoms with Gasteiger partial charge in [0.1, 0.15) is 18.0 Å². The lowest BCUT2D eigenvalue weighted by molar-refractivity contribution is 0.0764. The number of amides is 1. The highest BCUT2D eigenvalue weighted by atomic mass is 19.1. The summed E-state index contributed by atoms with van der Waals surface area (Å²) in [4.78, 5) is 26.4. The molecular formula is C28H33FN4O3. The van der Waals surface area contributed by atoms with Crippen molar-refractivity contribution in [1.29, 1.82) is 0 Å². The summed E-state index contributed by atoms with van der Waals surface area (Å²) in [6.07, 6.45) is 2.04. The number of aliphatic hydroxyl groups is 1. The minimum absolute atomic E-state index is 0.179. The van der Waals surface area contributed by atoms with Crippen LogP contribution in [0, 0.1) is 5.92 Å². The molecule has 1 aromatic heterocycles. The maximum absolute atomic E-state index is 14.3. The third-order valence-corrected chi connectivity index (χ3v) is 6.33. The van der Waals surface area contributed by atoms with Crippen LogP contribution < -0.4 is 5.32 Å². The van der Waals surface area contributed by atoms with E-state index in [1.807, 2.05) is 48.5 Å². The molecule has 7 nitrogen and oxygen atoms in total. The van der Waals surface area contributed by atoms with Gasteiger partial charge in [0.05, 0.1) is 35.9 Å². The van der Waals surface area contributed by atoms with E-state index in [4.69, 9.17) is 4.74 Å². The molecule has 3 atom stereocenters. The van der Waals surface area contributed by atoms with E-state index < -0.39 is 23.7 Å². The van der Waals surface area contributed by atoms with Gasteiger partial charge in [0.2, 0.25) is 0 Å². The Kier molecular flexibility index (Phi) is 8.25. The maximum atomic E-state index is 14.3. The second-order valence-electron chi connectivity index (χ2n) is 9.84. The molecule has 2 aromatic carbocycles. The number of alkyl halides is 1. The van der Waals surface area contributed by atoms with Crippen LogP contribution in [-0.2, 0) is 11.2 Å². The third-order valence-electron chi connectivity index (χ3n) is 6.33. The van der Waals surface area contributed by atoms with Gasteiger partial charge >= 0.3 is 0 Å². The number of hydrogen-bond acceptors (Lipinski definition) is 6. The number of aliphatic hydroxyl groups excluding tert-OH is 1. The lowest BCUT2D eigenvalue weighted by Gasteiger charge is -2.28. The van der Waals surface area contributed by atoms with Crippen molar-refractivity contribution in [2.75, 3.05) is 13.2 Å². The van der Waals surface area contributed by atoms with Gasteiger partial charge in [0.25, 0.3) is 5.91 Å². The normalized spacial score (nSPS) is 16.2.